The van der Waals surface area contributed by atoms with Crippen molar-refractivity contribution in [3.63, 3.8) is 0 Å². The highest BCUT2D eigenvalue weighted by Crippen LogP contribution is 2.26. The van der Waals surface area contributed by atoms with Crippen LogP contribution in [0, 0.1) is 6.92 Å². The van der Waals surface area contributed by atoms with E-state index in [1.807, 2.05) is 6.07 Å². The normalized spacial score (nSPS) is 18.3. The summed E-state index contributed by atoms with van der Waals surface area (Å²) in [6.07, 6.45) is 1.10. The van der Waals surface area contributed by atoms with Crippen LogP contribution in [0.15, 0.2) is 34.9 Å². The standard InChI is InChI=1S/C17H22N4O2/c1-13-18-16(19-23-13)11-20(2)17(22)12-21-9-8-15(10-21)14-6-4-3-5-7-14/h3-7,15H,8-12H2,1-2H3/t15-/m1/s1. The predicted octanol–water partition coefficient (Wildman–Crippen LogP) is 1.83. The number of amides is 1. The van der Waals surface area contributed by atoms with E-state index in [9.17, 15) is 4.79 Å². The van der Waals surface area contributed by atoms with Gasteiger partial charge in [-0.1, -0.05) is 35.5 Å². The van der Waals surface area contributed by atoms with Crippen molar-refractivity contribution < 1.29 is 9.32 Å². The minimum atomic E-state index is 0.0844. The molecule has 1 aliphatic rings. The van der Waals surface area contributed by atoms with Gasteiger partial charge in [-0.05, 0) is 24.4 Å². The summed E-state index contributed by atoms with van der Waals surface area (Å²) in [6, 6.07) is 10.5. The Labute approximate surface area is 136 Å². The Kier molecular flexibility index (Phi) is 4.71. The molecule has 122 valence electrons. The lowest BCUT2D eigenvalue weighted by atomic mass is 9.99. The Bertz CT molecular complexity index is 656. The molecule has 1 aromatic carbocycles. The van der Waals surface area contributed by atoms with Gasteiger partial charge in [0.15, 0.2) is 5.82 Å². The molecule has 1 fully saturated rings. The fourth-order valence-electron chi connectivity index (χ4n) is 2.99. The van der Waals surface area contributed by atoms with E-state index in [1.54, 1.807) is 18.9 Å². The number of nitrogens with zero attached hydrogens (tertiary/aromatic N) is 4. The van der Waals surface area contributed by atoms with Crippen LogP contribution in [0.1, 0.15) is 29.6 Å². The zero-order chi connectivity index (χ0) is 16.2. The van der Waals surface area contributed by atoms with E-state index in [0.29, 0.717) is 30.7 Å². The maximum atomic E-state index is 12.4. The van der Waals surface area contributed by atoms with Crippen molar-refractivity contribution in [3.05, 3.63) is 47.6 Å². The van der Waals surface area contributed by atoms with Crippen LogP contribution in [0.25, 0.3) is 0 Å². The van der Waals surface area contributed by atoms with E-state index in [0.717, 1.165) is 19.5 Å². The van der Waals surface area contributed by atoms with Crippen LogP contribution in [-0.2, 0) is 11.3 Å². The number of hydrogen-bond acceptors (Lipinski definition) is 5. The molecule has 0 bridgehead atoms. The van der Waals surface area contributed by atoms with Gasteiger partial charge in [-0.25, -0.2) is 0 Å². The summed E-state index contributed by atoms with van der Waals surface area (Å²) >= 11 is 0. The van der Waals surface area contributed by atoms with Crippen LogP contribution in [-0.4, -0.2) is 52.5 Å². The second-order valence-corrected chi connectivity index (χ2v) is 6.11. The number of likely N-dealkylation sites (N-methyl/N-ethyl adjacent to an activating group) is 1. The van der Waals surface area contributed by atoms with Gasteiger partial charge in [-0.3, -0.25) is 9.69 Å². The molecule has 1 aromatic heterocycles. The number of benzene rings is 1. The van der Waals surface area contributed by atoms with Gasteiger partial charge in [0, 0.05) is 20.5 Å². The first-order chi connectivity index (χ1) is 11.1. The average molecular weight is 314 g/mol. The fraction of sp³-hybridized carbons (Fsp3) is 0.471. The summed E-state index contributed by atoms with van der Waals surface area (Å²) in [4.78, 5) is 20.4. The van der Waals surface area contributed by atoms with Crippen molar-refractivity contribution in [2.75, 3.05) is 26.7 Å². The number of aromatic nitrogens is 2. The average Bonchev–Trinajstić information content (AvgIpc) is 3.17. The summed E-state index contributed by atoms with van der Waals surface area (Å²) in [5.74, 6) is 1.67. The van der Waals surface area contributed by atoms with E-state index >= 15 is 0 Å². The molecule has 1 atom stereocenters. The van der Waals surface area contributed by atoms with Crippen LogP contribution in [0.5, 0.6) is 0 Å². The smallest absolute Gasteiger partial charge is 0.236 e. The largest absolute Gasteiger partial charge is 0.340 e. The lowest BCUT2D eigenvalue weighted by Crippen LogP contribution is -2.37. The Morgan fingerprint density at radius 3 is 2.87 bits per heavy atom. The van der Waals surface area contributed by atoms with Gasteiger partial charge in [0.2, 0.25) is 11.8 Å². The highest BCUT2D eigenvalue weighted by molar-refractivity contribution is 5.77. The summed E-state index contributed by atoms with van der Waals surface area (Å²) in [5, 5.41) is 3.83. The molecular weight excluding hydrogens is 292 g/mol. The minimum Gasteiger partial charge on any atom is -0.340 e. The minimum absolute atomic E-state index is 0.0844. The molecule has 0 N–H and O–H groups in total. The highest BCUT2D eigenvalue weighted by Gasteiger charge is 2.26. The molecule has 1 saturated heterocycles. The molecule has 0 saturated carbocycles. The molecule has 2 aromatic rings. The van der Waals surface area contributed by atoms with Gasteiger partial charge < -0.3 is 9.42 Å². The Morgan fingerprint density at radius 1 is 1.39 bits per heavy atom. The first-order valence-electron chi connectivity index (χ1n) is 7.92. The fourth-order valence-corrected chi connectivity index (χ4v) is 2.99. The third-order valence-corrected chi connectivity index (χ3v) is 4.28. The van der Waals surface area contributed by atoms with Gasteiger partial charge in [0.1, 0.15) is 0 Å². The van der Waals surface area contributed by atoms with Gasteiger partial charge in [0.25, 0.3) is 0 Å². The predicted molar refractivity (Wildman–Crippen MR) is 85.7 cm³/mol. The van der Waals surface area contributed by atoms with Crippen molar-refractivity contribution >= 4 is 5.91 Å². The summed E-state index contributed by atoms with van der Waals surface area (Å²) in [6.45, 7) is 4.46. The van der Waals surface area contributed by atoms with Crippen molar-refractivity contribution in [2.24, 2.45) is 0 Å². The van der Waals surface area contributed by atoms with Crippen molar-refractivity contribution in [1.82, 2.24) is 19.9 Å². The number of carbonyl (C=O) groups excluding carboxylic acids is 1. The zero-order valence-corrected chi connectivity index (χ0v) is 13.6. The van der Waals surface area contributed by atoms with E-state index in [2.05, 4.69) is 39.3 Å². The van der Waals surface area contributed by atoms with Crippen LogP contribution in [0.3, 0.4) is 0 Å². The molecule has 2 heterocycles. The topological polar surface area (TPSA) is 62.5 Å². The van der Waals surface area contributed by atoms with E-state index in [4.69, 9.17) is 4.52 Å². The highest BCUT2D eigenvalue weighted by atomic mass is 16.5. The molecule has 1 amide bonds. The number of aryl methyl sites for hydroxylation is 1. The number of likely N-dealkylation sites (tertiary alicyclic amines) is 1. The molecule has 3 rings (SSSR count). The van der Waals surface area contributed by atoms with Crippen LogP contribution in [0.4, 0.5) is 0 Å². The second kappa shape index (κ2) is 6.91. The Balaban J connectivity index is 1.50. The van der Waals surface area contributed by atoms with Crippen LogP contribution in [0.2, 0.25) is 0 Å². The number of hydrogen-bond donors (Lipinski definition) is 0. The number of rotatable bonds is 5. The SMILES string of the molecule is Cc1nc(CN(C)C(=O)CN2CC[C@@H](c3ccccc3)C2)no1. The summed E-state index contributed by atoms with van der Waals surface area (Å²) in [5.41, 5.74) is 1.36. The Hall–Kier alpha value is -2.21. The zero-order valence-electron chi connectivity index (χ0n) is 13.6. The second-order valence-electron chi connectivity index (χ2n) is 6.11. The monoisotopic (exact) mass is 314 g/mol. The first-order valence-corrected chi connectivity index (χ1v) is 7.92. The molecular formula is C17H22N4O2. The van der Waals surface area contributed by atoms with Gasteiger partial charge in [-0.15, -0.1) is 0 Å². The summed E-state index contributed by atoms with van der Waals surface area (Å²) < 4.78 is 4.93. The molecule has 23 heavy (non-hydrogen) atoms. The Morgan fingerprint density at radius 2 is 2.17 bits per heavy atom. The van der Waals surface area contributed by atoms with Gasteiger partial charge in [-0.2, -0.15) is 4.98 Å². The lowest BCUT2D eigenvalue weighted by molar-refractivity contribution is -0.131. The van der Waals surface area contributed by atoms with Crippen molar-refractivity contribution in [2.45, 2.75) is 25.8 Å². The van der Waals surface area contributed by atoms with Gasteiger partial charge in [0.05, 0.1) is 13.1 Å². The first kappa shape index (κ1) is 15.7. The molecule has 1 aliphatic heterocycles. The molecule has 6 heteroatoms. The maximum absolute atomic E-state index is 12.4. The lowest BCUT2D eigenvalue weighted by Gasteiger charge is -2.20. The van der Waals surface area contributed by atoms with Crippen molar-refractivity contribution in [1.29, 1.82) is 0 Å². The molecule has 0 spiro atoms. The van der Waals surface area contributed by atoms with Crippen LogP contribution >= 0.6 is 0 Å². The molecule has 0 unspecified atom stereocenters. The van der Waals surface area contributed by atoms with E-state index < -0.39 is 0 Å². The van der Waals surface area contributed by atoms with E-state index in [-0.39, 0.29) is 5.91 Å². The van der Waals surface area contributed by atoms with Gasteiger partial charge >= 0.3 is 0 Å². The third-order valence-electron chi connectivity index (χ3n) is 4.28. The van der Waals surface area contributed by atoms with E-state index in [1.165, 1.54) is 5.56 Å². The summed E-state index contributed by atoms with van der Waals surface area (Å²) in [7, 11) is 1.78. The van der Waals surface area contributed by atoms with Crippen LogP contribution < -0.4 is 0 Å². The molecule has 0 radical (unpaired) electrons. The number of carbonyl (C=O) groups is 1. The maximum Gasteiger partial charge on any atom is 0.236 e. The molecule has 6 nitrogen and oxygen atoms in total. The van der Waals surface area contributed by atoms with Crippen molar-refractivity contribution in [3.8, 4) is 0 Å². The quantitative estimate of drug-likeness (QED) is 0.842. The third kappa shape index (κ3) is 3.96. The molecule has 0 aliphatic carbocycles.